The number of rotatable bonds is 3. The molecule has 2 unspecified atom stereocenters. The zero-order valence-corrected chi connectivity index (χ0v) is 12.8. The summed E-state index contributed by atoms with van der Waals surface area (Å²) in [5, 5.41) is 0. The van der Waals surface area contributed by atoms with Crippen LogP contribution in [0.1, 0.15) is 45.6 Å². The molecule has 3 heteroatoms. The van der Waals surface area contributed by atoms with Crippen LogP contribution in [0.5, 0.6) is 0 Å². The first-order chi connectivity index (χ1) is 9.44. The van der Waals surface area contributed by atoms with E-state index >= 15 is 0 Å². The Labute approximate surface area is 122 Å². The van der Waals surface area contributed by atoms with Crippen molar-refractivity contribution in [3.63, 3.8) is 0 Å². The Kier molecular flexibility index (Phi) is 4.48. The molecule has 0 aromatic heterocycles. The molecule has 2 N–H and O–H groups in total. The van der Waals surface area contributed by atoms with Crippen LogP contribution in [0.2, 0.25) is 0 Å². The highest BCUT2D eigenvalue weighted by Gasteiger charge is 2.38. The Hall–Kier alpha value is -1.35. The van der Waals surface area contributed by atoms with Crippen LogP contribution in [-0.4, -0.2) is 29.4 Å². The maximum absolute atomic E-state index is 13.0. The van der Waals surface area contributed by atoms with Crippen molar-refractivity contribution >= 4 is 5.91 Å². The molecule has 20 heavy (non-hydrogen) atoms. The summed E-state index contributed by atoms with van der Waals surface area (Å²) < 4.78 is 0. The third kappa shape index (κ3) is 2.88. The summed E-state index contributed by atoms with van der Waals surface area (Å²) in [6, 6.07) is 10.2. The van der Waals surface area contributed by atoms with Crippen LogP contribution in [0, 0.1) is 0 Å². The molecule has 3 nitrogen and oxygen atoms in total. The Morgan fingerprint density at radius 3 is 2.55 bits per heavy atom. The van der Waals surface area contributed by atoms with Crippen molar-refractivity contribution in [2.75, 3.05) is 6.54 Å². The third-order valence-electron chi connectivity index (χ3n) is 4.45. The van der Waals surface area contributed by atoms with Crippen molar-refractivity contribution in [1.82, 2.24) is 4.90 Å². The standard InChI is InChI=1S/C17H26N2O/c1-13(18)15-11-7-8-12-19(15)16(20)17(2,3)14-9-5-4-6-10-14/h4-6,9-10,13,15H,7-8,11-12,18H2,1-3H3. The molecule has 1 aliphatic heterocycles. The first-order valence-corrected chi connectivity index (χ1v) is 7.57. The van der Waals surface area contributed by atoms with Crippen molar-refractivity contribution in [2.24, 2.45) is 5.73 Å². The molecule has 1 saturated heterocycles. The van der Waals surface area contributed by atoms with Gasteiger partial charge in [-0.2, -0.15) is 0 Å². The highest BCUT2D eigenvalue weighted by atomic mass is 16.2. The average molecular weight is 274 g/mol. The van der Waals surface area contributed by atoms with Gasteiger partial charge >= 0.3 is 0 Å². The number of amides is 1. The summed E-state index contributed by atoms with van der Waals surface area (Å²) in [4.78, 5) is 15.0. The Balaban J connectivity index is 2.24. The second-order valence-corrected chi connectivity index (χ2v) is 6.41. The van der Waals surface area contributed by atoms with Gasteiger partial charge in [0.05, 0.1) is 5.41 Å². The zero-order chi connectivity index (χ0) is 14.8. The lowest BCUT2D eigenvalue weighted by Crippen LogP contribution is -2.56. The molecule has 0 spiro atoms. The lowest BCUT2D eigenvalue weighted by molar-refractivity contribution is -0.140. The Morgan fingerprint density at radius 2 is 1.95 bits per heavy atom. The number of nitrogens with zero attached hydrogens (tertiary/aromatic N) is 1. The molecule has 1 fully saturated rings. The van der Waals surface area contributed by atoms with Crippen LogP contribution in [0.25, 0.3) is 0 Å². The quantitative estimate of drug-likeness (QED) is 0.921. The Morgan fingerprint density at radius 1 is 1.30 bits per heavy atom. The summed E-state index contributed by atoms with van der Waals surface area (Å²) in [6.45, 7) is 6.86. The van der Waals surface area contributed by atoms with Crippen molar-refractivity contribution < 1.29 is 4.79 Å². The van der Waals surface area contributed by atoms with Gasteiger partial charge in [0.1, 0.15) is 0 Å². The molecule has 2 rings (SSSR count). The number of hydrogen-bond donors (Lipinski definition) is 1. The van der Waals surface area contributed by atoms with Gasteiger partial charge in [-0.25, -0.2) is 0 Å². The van der Waals surface area contributed by atoms with Crippen LogP contribution in [-0.2, 0) is 10.2 Å². The van der Waals surface area contributed by atoms with Gasteiger partial charge in [-0.1, -0.05) is 30.3 Å². The second kappa shape index (κ2) is 5.96. The van der Waals surface area contributed by atoms with Crippen LogP contribution in [0.15, 0.2) is 30.3 Å². The molecule has 1 aromatic carbocycles. The molecule has 1 amide bonds. The van der Waals surface area contributed by atoms with Crippen LogP contribution in [0.3, 0.4) is 0 Å². The van der Waals surface area contributed by atoms with Gasteiger partial charge in [-0.05, 0) is 45.6 Å². The van der Waals surface area contributed by atoms with Crippen molar-refractivity contribution in [1.29, 1.82) is 0 Å². The maximum Gasteiger partial charge on any atom is 0.232 e. The molecule has 1 heterocycles. The van der Waals surface area contributed by atoms with Gasteiger partial charge in [0.15, 0.2) is 0 Å². The van der Waals surface area contributed by atoms with E-state index in [9.17, 15) is 4.79 Å². The molecule has 0 bridgehead atoms. The second-order valence-electron chi connectivity index (χ2n) is 6.41. The van der Waals surface area contributed by atoms with Crippen molar-refractivity contribution in [3.8, 4) is 0 Å². The minimum atomic E-state index is -0.494. The summed E-state index contributed by atoms with van der Waals surface area (Å²) in [7, 11) is 0. The largest absolute Gasteiger partial charge is 0.337 e. The molecular weight excluding hydrogens is 248 g/mol. The fraction of sp³-hybridized carbons (Fsp3) is 0.588. The predicted octanol–water partition coefficient (Wildman–Crippen LogP) is 2.69. The molecule has 0 aliphatic carbocycles. The fourth-order valence-electron chi connectivity index (χ4n) is 3.09. The minimum Gasteiger partial charge on any atom is -0.337 e. The maximum atomic E-state index is 13.0. The highest BCUT2D eigenvalue weighted by molar-refractivity contribution is 5.87. The monoisotopic (exact) mass is 274 g/mol. The van der Waals surface area contributed by atoms with E-state index in [1.54, 1.807) is 0 Å². The van der Waals surface area contributed by atoms with E-state index in [-0.39, 0.29) is 18.0 Å². The lowest BCUT2D eigenvalue weighted by atomic mass is 9.81. The van der Waals surface area contributed by atoms with Gasteiger partial charge in [0.25, 0.3) is 0 Å². The molecule has 110 valence electrons. The summed E-state index contributed by atoms with van der Waals surface area (Å²) >= 11 is 0. The molecule has 1 aromatic rings. The highest BCUT2D eigenvalue weighted by Crippen LogP contribution is 2.29. The third-order valence-corrected chi connectivity index (χ3v) is 4.45. The van der Waals surface area contributed by atoms with Crippen LogP contribution >= 0.6 is 0 Å². The molecule has 2 atom stereocenters. The van der Waals surface area contributed by atoms with E-state index in [4.69, 9.17) is 5.73 Å². The van der Waals surface area contributed by atoms with Gasteiger partial charge in [0, 0.05) is 18.6 Å². The van der Waals surface area contributed by atoms with Crippen LogP contribution in [0.4, 0.5) is 0 Å². The number of carbonyl (C=O) groups is 1. The molecule has 0 radical (unpaired) electrons. The first-order valence-electron chi connectivity index (χ1n) is 7.57. The number of likely N-dealkylation sites (tertiary alicyclic amines) is 1. The smallest absolute Gasteiger partial charge is 0.232 e. The average Bonchev–Trinajstić information content (AvgIpc) is 2.47. The van der Waals surface area contributed by atoms with E-state index in [0.29, 0.717) is 0 Å². The summed E-state index contributed by atoms with van der Waals surface area (Å²) in [5.41, 5.74) is 6.66. The predicted molar refractivity (Wildman–Crippen MR) is 82.5 cm³/mol. The van der Waals surface area contributed by atoms with Gasteiger partial charge in [-0.15, -0.1) is 0 Å². The topological polar surface area (TPSA) is 46.3 Å². The number of carbonyl (C=O) groups excluding carboxylic acids is 1. The van der Waals surface area contributed by atoms with E-state index in [1.165, 1.54) is 6.42 Å². The van der Waals surface area contributed by atoms with Crippen LogP contribution < -0.4 is 5.73 Å². The summed E-state index contributed by atoms with van der Waals surface area (Å²) in [6.07, 6.45) is 3.27. The van der Waals surface area contributed by atoms with Gasteiger partial charge in [0.2, 0.25) is 5.91 Å². The minimum absolute atomic E-state index is 0.0332. The normalized spacial score (nSPS) is 21.6. The number of piperidine rings is 1. The van der Waals surface area contributed by atoms with Gasteiger partial charge < -0.3 is 10.6 Å². The van der Waals surface area contributed by atoms with E-state index < -0.39 is 5.41 Å². The number of benzene rings is 1. The van der Waals surface area contributed by atoms with E-state index in [0.717, 1.165) is 24.9 Å². The molecule has 0 saturated carbocycles. The SMILES string of the molecule is CC(N)C1CCCCN1C(=O)C(C)(C)c1ccccc1. The number of nitrogens with two attached hydrogens (primary N) is 1. The summed E-state index contributed by atoms with van der Waals surface area (Å²) in [5.74, 6) is 0.200. The van der Waals surface area contributed by atoms with E-state index in [2.05, 4.69) is 0 Å². The number of hydrogen-bond acceptors (Lipinski definition) is 2. The zero-order valence-electron chi connectivity index (χ0n) is 12.8. The first kappa shape index (κ1) is 15.0. The lowest BCUT2D eigenvalue weighted by Gasteiger charge is -2.42. The Bertz CT molecular complexity index is 453. The van der Waals surface area contributed by atoms with Crippen molar-refractivity contribution in [2.45, 2.75) is 57.5 Å². The molecular formula is C17H26N2O. The van der Waals surface area contributed by atoms with Crippen molar-refractivity contribution in [3.05, 3.63) is 35.9 Å². The van der Waals surface area contributed by atoms with E-state index in [1.807, 2.05) is 56.0 Å². The molecule has 1 aliphatic rings. The fourth-order valence-corrected chi connectivity index (χ4v) is 3.09. The van der Waals surface area contributed by atoms with Gasteiger partial charge in [-0.3, -0.25) is 4.79 Å².